The van der Waals surface area contributed by atoms with E-state index >= 15 is 0 Å². The van der Waals surface area contributed by atoms with Crippen molar-refractivity contribution in [3.8, 4) is 0 Å². The average molecular weight is 284 g/mol. The Morgan fingerprint density at radius 3 is 1.84 bits per heavy atom. The minimum absolute atomic E-state index is 0.0959. The summed E-state index contributed by atoms with van der Waals surface area (Å²) in [5.41, 5.74) is -0.405. The molecule has 0 atom stereocenters. The van der Waals surface area contributed by atoms with Gasteiger partial charge in [-0.3, -0.25) is 0 Å². The summed E-state index contributed by atoms with van der Waals surface area (Å²) in [6.07, 6.45) is -8.59. The highest BCUT2D eigenvalue weighted by atomic mass is 19.4. The molecule has 0 saturated carbocycles. The molecular formula is C11H10F6N2. The molecule has 1 rings (SSSR count). The summed E-state index contributed by atoms with van der Waals surface area (Å²) in [5, 5.41) is 3.51. The Kier molecular flexibility index (Phi) is 4.43. The van der Waals surface area contributed by atoms with E-state index in [0.717, 1.165) is 0 Å². The first kappa shape index (κ1) is 15.3. The van der Waals surface area contributed by atoms with Crippen molar-refractivity contribution in [1.29, 1.82) is 0 Å². The van der Waals surface area contributed by atoms with E-state index in [2.05, 4.69) is 10.5 Å². The van der Waals surface area contributed by atoms with Gasteiger partial charge >= 0.3 is 12.4 Å². The normalized spacial score (nSPS) is 13.0. The Morgan fingerprint density at radius 2 is 1.47 bits per heavy atom. The van der Waals surface area contributed by atoms with E-state index in [-0.39, 0.29) is 18.1 Å². The highest BCUT2D eigenvalue weighted by Crippen LogP contribution is 2.36. The molecule has 1 aromatic carbocycles. The zero-order chi connectivity index (χ0) is 14.7. The third kappa shape index (κ3) is 4.46. The summed E-state index contributed by atoms with van der Waals surface area (Å²) in [7, 11) is 1.46. The number of hydrazone groups is 1. The number of hydrogen-bond donors (Lipinski definition) is 1. The molecule has 0 aliphatic rings. The Bertz CT molecular complexity index is 429. The van der Waals surface area contributed by atoms with Gasteiger partial charge in [-0.15, -0.1) is 0 Å². The SMILES string of the molecule is CN/N=C/Cc1cc(C(F)(F)F)cc(C(F)(F)F)c1. The molecular weight excluding hydrogens is 274 g/mol. The Balaban J connectivity index is 3.21. The van der Waals surface area contributed by atoms with Crippen molar-refractivity contribution in [2.45, 2.75) is 18.8 Å². The van der Waals surface area contributed by atoms with Crippen molar-refractivity contribution in [3.63, 3.8) is 0 Å². The van der Waals surface area contributed by atoms with Crippen molar-refractivity contribution in [1.82, 2.24) is 5.43 Å². The molecule has 0 saturated heterocycles. The zero-order valence-corrected chi connectivity index (χ0v) is 9.73. The molecule has 0 aromatic heterocycles. The van der Waals surface area contributed by atoms with Gasteiger partial charge in [0.2, 0.25) is 0 Å². The lowest BCUT2D eigenvalue weighted by atomic mass is 10.0. The first-order chi connectivity index (χ1) is 8.64. The second kappa shape index (κ2) is 5.50. The fraction of sp³-hybridized carbons (Fsp3) is 0.364. The second-order valence-corrected chi connectivity index (χ2v) is 3.65. The monoisotopic (exact) mass is 284 g/mol. The fourth-order valence-corrected chi connectivity index (χ4v) is 1.38. The maximum Gasteiger partial charge on any atom is 0.416 e. The number of halogens is 6. The van der Waals surface area contributed by atoms with E-state index in [1.807, 2.05) is 0 Å². The summed E-state index contributed by atoms with van der Waals surface area (Å²) in [5.74, 6) is 0. The number of benzene rings is 1. The largest absolute Gasteiger partial charge is 0.416 e. The predicted molar refractivity (Wildman–Crippen MR) is 57.7 cm³/mol. The van der Waals surface area contributed by atoms with Crippen LogP contribution in [0, 0.1) is 0 Å². The zero-order valence-electron chi connectivity index (χ0n) is 9.73. The molecule has 8 heteroatoms. The molecule has 0 fully saturated rings. The molecule has 0 unspecified atom stereocenters. The van der Waals surface area contributed by atoms with E-state index in [9.17, 15) is 26.3 Å². The summed E-state index contributed by atoms with van der Waals surface area (Å²) < 4.78 is 75.1. The van der Waals surface area contributed by atoms with Gasteiger partial charge in [-0.1, -0.05) is 0 Å². The van der Waals surface area contributed by atoms with Crippen LogP contribution in [0.2, 0.25) is 0 Å². The Hall–Kier alpha value is -1.73. The number of alkyl halides is 6. The molecule has 0 radical (unpaired) electrons. The molecule has 0 heterocycles. The van der Waals surface area contributed by atoms with Crippen LogP contribution in [0.15, 0.2) is 23.3 Å². The fourth-order valence-electron chi connectivity index (χ4n) is 1.38. The molecule has 19 heavy (non-hydrogen) atoms. The van der Waals surface area contributed by atoms with Gasteiger partial charge in [0, 0.05) is 19.7 Å². The van der Waals surface area contributed by atoms with Gasteiger partial charge in [-0.25, -0.2) is 0 Å². The molecule has 0 aliphatic carbocycles. The van der Waals surface area contributed by atoms with Crippen molar-refractivity contribution in [2.75, 3.05) is 7.05 Å². The summed E-state index contributed by atoms with van der Waals surface area (Å²) in [6.45, 7) is 0. The van der Waals surface area contributed by atoms with Crippen LogP contribution in [-0.4, -0.2) is 13.3 Å². The smallest absolute Gasteiger partial charge is 0.313 e. The number of hydrogen-bond acceptors (Lipinski definition) is 2. The Labute approximate surface area is 105 Å². The van der Waals surface area contributed by atoms with Crippen LogP contribution >= 0.6 is 0 Å². The van der Waals surface area contributed by atoms with Gasteiger partial charge in [-0.05, 0) is 23.8 Å². The van der Waals surface area contributed by atoms with Crippen molar-refractivity contribution in [3.05, 3.63) is 34.9 Å². The number of nitrogens with zero attached hydrogens (tertiary/aromatic N) is 1. The third-order valence-corrected chi connectivity index (χ3v) is 2.19. The van der Waals surface area contributed by atoms with Gasteiger partial charge in [0.05, 0.1) is 11.1 Å². The average Bonchev–Trinajstić information content (AvgIpc) is 2.27. The highest BCUT2D eigenvalue weighted by molar-refractivity contribution is 5.61. The van der Waals surface area contributed by atoms with Crippen LogP contribution in [0.5, 0.6) is 0 Å². The maximum atomic E-state index is 12.5. The van der Waals surface area contributed by atoms with Crippen LogP contribution in [0.1, 0.15) is 16.7 Å². The van der Waals surface area contributed by atoms with Crippen molar-refractivity contribution >= 4 is 6.21 Å². The van der Waals surface area contributed by atoms with Crippen molar-refractivity contribution in [2.24, 2.45) is 5.10 Å². The molecule has 106 valence electrons. The second-order valence-electron chi connectivity index (χ2n) is 3.65. The maximum absolute atomic E-state index is 12.5. The Morgan fingerprint density at radius 1 is 1.00 bits per heavy atom. The molecule has 1 aromatic rings. The number of nitrogens with one attached hydrogen (secondary N) is 1. The third-order valence-electron chi connectivity index (χ3n) is 2.19. The van der Waals surface area contributed by atoms with Gasteiger partial charge in [0.1, 0.15) is 0 Å². The van der Waals surface area contributed by atoms with E-state index in [0.29, 0.717) is 12.1 Å². The predicted octanol–water partition coefficient (Wildman–Crippen LogP) is 3.47. The molecule has 0 aliphatic heterocycles. The van der Waals surface area contributed by atoms with E-state index in [1.54, 1.807) is 0 Å². The van der Waals surface area contributed by atoms with E-state index < -0.39 is 23.5 Å². The molecule has 2 nitrogen and oxygen atoms in total. The van der Waals surface area contributed by atoms with Gasteiger partial charge < -0.3 is 5.43 Å². The van der Waals surface area contributed by atoms with Gasteiger partial charge in [0.15, 0.2) is 0 Å². The summed E-state index contributed by atoms with van der Waals surface area (Å²) in [6, 6.07) is 1.45. The highest BCUT2D eigenvalue weighted by Gasteiger charge is 2.36. The quantitative estimate of drug-likeness (QED) is 0.513. The minimum Gasteiger partial charge on any atom is -0.313 e. The van der Waals surface area contributed by atoms with E-state index in [1.165, 1.54) is 13.3 Å². The first-order valence-electron chi connectivity index (χ1n) is 5.11. The minimum atomic E-state index is -4.82. The summed E-state index contributed by atoms with van der Waals surface area (Å²) >= 11 is 0. The van der Waals surface area contributed by atoms with Crippen LogP contribution < -0.4 is 5.43 Å². The molecule has 0 amide bonds. The van der Waals surface area contributed by atoms with Crippen LogP contribution in [0.25, 0.3) is 0 Å². The molecule has 0 spiro atoms. The van der Waals surface area contributed by atoms with E-state index in [4.69, 9.17) is 0 Å². The lowest BCUT2D eigenvalue weighted by Gasteiger charge is -2.13. The van der Waals surface area contributed by atoms with Crippen LogP contribution in [0.3, 0.4) is 0 Å². The van der Waals surface area contributed by atoms with Gasteiger partial charge in [-0.2, -0.15) is 31.4 Å². The van der Waals surface area contributed by atoms with Crippen LogP contribution in [-0.2, 0) is 18.8 Å². The first-order valence-corrected chi connectivity index (χ1v) is 5.11. The van der Waals surface area contributed by atoms with Gasteiger partial charge in [0.25, 0.3) is 0 Å². The molecule has 0 bridgehead atoms. The summed E-state index contributed by atoms with van der Waals surface area (Å²) in [4.78, 5) is 0. The standard InChI is InChI=1S/C11H10F6N2/c1-18-19-3-2-7-4-8(10(12,13)14)6-9(5-7)11(15,16)17/h3-6,18H,2H2,1H3/b19-3+. The topological polar surface area (TPSA) is 24.4 Å². The van der Waals surface area contributed by atoms with Crippen LogP contribution in [0.4, 0.5) is 26.3 Å². The molecule has 1 N–H and O–H groups in total. The van der Waals surface area contributed by atoms with Crippen molar-refractivity contribution < 1.29 is 26.3 Å². The lowest BCUT2D eigenvalue weighted by Crippen LogP contribution is -2.12. The lowest BCUT2D eigenvalue weighted by molar-refractivity contribution is -0.143. The number of rotatable bonds is 3.